The molecule has 0 atom stereocenters. The molecule has 2 aliphatic heterocycles. The lowest BCUT2D eigenvalue weighted by Crippen LogP contribution is -2.26. The summed E-state index contributed by atoms with van der Waals surface area (Å²) < 4.78 is 0. The number of para-hydroxylation sites is 1. The highest BCUT2D eigenvalue weighted by atomic mass is 15.2. The van der Waals surface area contributed by atoms with E-state index < -0.39 is 0 Å². The first kappa shape index (κ1) is 18.3. The molecular formula is C34H23N. The van der Waals surface area contributed by atoms with Crippen LogP contribution in [0.15, 0.2) is 91.0 Å². The normalized spacial score (nSPS) is 14.9. The average molecular weight is 446 g/mol. The van der Waals surface area contributed by atoms with Crippen molar-refractivity contribution in [2.75, 3.05) is 4.90 Å². The first-order valence-electron chi connectivity index (χ1n) is 12.7. The van der Waals surface area contributed by atoms with Crippen LogP contribution in [-0.4, -0.2) is 0 Å². The van der Waals surface area contributed by atoms with Crippen LogP contribution in [0.1, 0.15) is 44.5 Å². The highest BCUT2D eigenvalue weighted by molar-refractivity contribution is 6.00. The predicted octanol–water partition coefficient (Wildman–Crippen LogP) is 8.11. The first-order valence-corrected chi connectivity index (χ1v) is 12.7. The van der Waals surface area contributed by atoms with Gasteiger partial charge < -0.3 is 4.90 Å². The van der Waals surface area contributed by atoms with Crippen molar-refractivity contribution in [3.05, 3.63) is 136 Å². The van der Waals surface area contributed by atoms with Gasteiger partial charge in [0.25, 0.3) is 0 Å². The lowest BCUT2D eigenvalue weighted by atomic mass is 9.81. The molecule has 0 unspecified atom stereocenters. The molecule has 2 heterocycles. The smallest absolute Gasteiger partial charge is 0.0578 e. The molecule has 4 aliphatic rings. The molecular weight excluding hydrogens is 422 g/mol. The third kappa shape index (κ3) is 2.24. The van der Waals surface area contributed by atoms with E-state index in [0.29, 0.717) is 0 Å². The van der Waals surface area contributed by atoms with Crippen molar-refractivity contribution >= 4 is 17.1 Å². The van der Waals surface area contributed by atoms with Crippen LogP contribution in [0, 0.1) is 0 Å². The van der Waals surface area contributed by atoms with E-state index in [1.807, 2.05) is 0 Å². The van der Waals surface area contributed by atoms with Crippen LogP contribution >= 0.6 is 0 Å². The zero-order valence-corrected chi connectivity index (χ0v) is 19.4. The van der Waals surface area contributed by atoms with Gasteiger partial charge in [-0.15, -0.1) is 0 Å². The van der Waals surface area contributed by atoms with Gasteiger partial charge in [0.05, 0.1) is 11.4 Å². The third-order valence-corrected chi connectivity index (χ3v) is 8.72. The Labute approximate surface area is 205 Å². The van der Waals surface area contributed by atoms with E-state index in [9.17, 15) is 0 Å². The number of benzene rings is 5. The van der Waals surface area contributed by atoms with E-state index in [1.54, 1.807) is 11.1 Å². The van der Waals surface area contributed by atoms with Gasteiger partial charge in [0.1, 0.15) is 0 Å². The van der Waals surface area contributed by atoms with Gasteiger partial charge in [0, 0.05) is 24.1 Å². The largest absolute Gasteiger partial charge is 0.309 e. The number of anilines is 3. The fourth-order valence-corrected chi connectivity index (χ4v) is 7.27. The Morgan fingerprint density at radius 2 is 1.09 bits per heavy atom. The van der Waals surface area contributed by atoms with Crippen molar-refractivity contribution in [2.45, 2.75) is 25.7 Å². The van der Waals surface area contributed by atoms with Gasteiger partial charge in [-0.1, -0.05) is 78.9 Å². The van der Waals surface area contributed by atoms with Crippen LogP contribution in [0.2, 0.25) is 0 Å². The van der Waals surface area contributed by atoms with Crippen molar-refractivity contribution < 1.29 is 0 Å². The van der Waals surface area contributed by atoms with E-state index in [1.165, 1.54) is 72.7 Å². The number of fused-ring (bicyclic) bond motifs is 12. The first-order chi connectivity index (χ1) is 17.3. The van der Waals surface area contributed by atoms with E-state index in [0.717, 1.165) is 25.7 Å². The minimum absolute atomic E-state index is 1.00. The molecule has 0 radical (unpaired) electrons. The van der Waals surface area contributed by atoms with Crippen LogP contribution < -0.4 is 4.90 Å². The average Bonchev–Trinajstić information content (AvgIpc) is 3.47. The second-order valence-electron chi connectivity index (χ2n) is 10.5. The highest BCUT2D eigenvalue weighted by Gasteiger charge is 2.38. The molecule has 0 N–H and O–H groups in total. The molecule has 0 aromatic heterocycles. The molecule has 0 amide bonds. The molecule has 0 bridgehead atoms. The van der Waals surface area contributed by atoms with E-state index >= 15 is 0 Å². The predicted molar refractivity (Wildman–Crippen MR) is 143 cm³/mol. The van der Waals surface area contributed by atoms with Gasteiger partial charge >= 0.3 is 0 Å². The lowest BCUT2D eigenvalue weighted by Gasteiger charge is -2.41. The van der Waals surface area contributed by atoms with Crippen molar-refractivity contribution in [1.82, 2.24) is 0 Å². The highest BCUT2D eigenvalue weighted by Crippen LogP contribution is 2.58. The minimum atomic E-state index is 1.00. The number of rotatable bonds is 0. The molecule has 1 nitrogen and oxygen atoms in total. The fourth-order valence-electron chi connectivity index (χ4n) is 7.27. The van der Waals surface area contributed by atoms with Crippen molar-refractivity contribution in [3.8, 4) is 22.3 Å². The molecule has 0 fully saturated rings. The SMILES string of the molecule is c1ccc2c(c1)Cc1c-2cc2c3c1Cc1ccccc1N3c1c(ccc3c1-c1ccccc1C3)C2. The second kappa shape index (κ2) is 6.31. The third-order valence-electron chi connectivity index (χ3n) is 8.72. The molecule has 2 aliphatic carbocycles. The maximum absolute atomic E-state index is 2.65. The molecule has 9 rings (SSSR count). The Balaban J connectivity index is 1.38. The summed E-state index contributed by atoms with van der Waals surface area (Å²) in [4.78, 5) is 2.65. The van der Waals surface area contributed by atoms with Gasteiger partial charge in [-0.25, -0.2) is 0 Å². The van der Waals surface area contributed by atoms with Crippen LogP contribution in [-0.2, 0) is 25.7 Å². The topological polar surface area (TPSA) is 3.24 Å². The molecule has 164 valence electrons. The summed E-state index contributed by atoms with van der Waals surface area (Å²) in [5.74, 6) is 0. The zero-order valence-electron chi connectivity index (χ0n) is 19.4. The maximum atomic E-state index is 2.65. The summed E-state index contributed by atoms with van der Waals surface area (Å²) in [5, 5.41) is 0. The number of nitrogens with zero attached hydrogens (tertiary/aromatic N) is 1. The summed E-state index contributed by atoms with van der Waals surface area (Å²) in [6.07, 6.45) is 4.11. The van der Waals surface area contributed by atoms with Crippen LogP contribution in [0.25, 0.3) is 22.3 Å². The minimum Gasteiger partial charge on any atom is -0.309 e. The van der Waals surface area contributed by atoms with E-state index in [2.05, 4.69) is 95.9 Å². The Hall–Kier alpha value is -4.10. The van der Waals surface area contributed by atoms with E-state index in [4.69, 9.17) is 0 Å². The Bertz CT molecular complexity index is 1760. The van der Waals surface area contributed by atoms with Crippen LogP contribution in [0.4, 0.5) is 17.1 Å². The standard InChI is InChI=1S/C34H23N/c1-4-10-26-21(8-1)17-29-28(26)19-25-16-24-14-13-23-15-20-7-2-5-11-27(20)32(23)34(24)35-31-12-6-3-9-22(31)18-30(29)33(25)35/h1-14,19H,15-18H2. The summed E-state index contributed by atoms with van der Waals surface area (Å²) in [6, 6.07) is 34.4. The quantitative estimate of drug-likeness (QED) is 0.228. The van der Waals surface area contributed by atoms with Gasteiger partial charge in [-0.05, 0) is 86.2 Å². The molecule has 5 aromatic rings. The van der Waals surface area contributed by atoms with Gasteiger partial charge in [0.2, 0.25) is 0 Å². The molecule has 35 heavy (non-hydrogen) atoms. The Morgan fingerprint density at radius 3 is 1.97 bits per heavy atom. The van der Waals surface area contributed by atoms with Crippen LogP contribution in [0.5, 0.6) is 0 Å². The molecule has 1 heteroatoms. The fraction of sp³-hybridized carbons (Fsp3) is 0.118. The lowest BCUT2D eigenvalue weighted by molar-refractivity contribution is 0.994. The molecule has 5 aromatic carbocycles. The number of hydrogen-bond acceptors (Lipinski definition) is 1. The van der Waals surface area contributed by atoms with Crippen molar-refractivity contribution in [3.63, 3.8) is 0 Å². The van der Waals surface area contributed by atoms with Crippen molar-refractivity contribution in [1.29, 1.82) is 0 Å². The maximum Gasteiger partial charge on any atom is 0.0578 e. The van der Waals surface area contributed by atoms with Gasteiger partial charge in [-0.3, -0.25) is 0 Å². The van der Waals surface area contributed by atoms with Crippen LogP contribution in [0.3, 0.4) is 0 Å². The van der Waals surface area contributed by atoms with Crippen molar-refractivity contribution in [2.24, 2.45) is 0 Å². The summed E-state index contributed by atoms with van der Waals surface area (Å²) in [7, 11) is 0. The second-order valence-corrected chi connectivity index (χ2v) is 10.5. The molecule has 0 saturated carbocycles. The molecule has 0 saturated heterocycles. The van der Waals surface area contributed by atoms with Gasteiger partial charge in [0.15, 0.2) is 0 Å². The summed E-state index contributed by atoms with van der Waals surface area (Å²) in [5.41, 5.74) is 21.8. The summed E-state index contributed by atoms with van der Waals surface area (Å²) >= 11 is 0. The molecule has 0 spiro atoms. The Kier molecular flexibility index (Phi) is 3.29. The monoisotopic (exact) mass is 445 g/mol. The van der Waals surface area contributed by atoms with Gasteiger partial charge in [-0.2, -0.15) is 0 Å². The number of hydrogen-bond donors (Lipinski definition) is 0. The van der Waals surface area contributed by atoms with E-state index in [-0.39, 0.29) is 0 Å². The zero-order chi connectivity index (χ0) is 22.7. The Morgan fingerprint density at radius 1 is 0.429 bits per heavy atom. The summed E-state index contributed by atoms with van der Waals surface area (Å²) in [6.45, 7) is 0.